The number of nitrogens with one attached hydrogen (secondary N) is 1. The van der Waals surface area contributed by atoms with Crippen molar-refractivity contribution in [3.05, 3.63) is 47.4 Å². The highest BCUT2D eigenvalue weighted by atomic mass is 16.3. The Kier molecular flexibility index (Phi) is 3.81. The number of fused-ring (bicyclic) bond motifs is 1. The quantitative estimate of drug-likeness (QED) is 0.776. The van der Waals surface area contributed by atoms with E-state index in [-0.39, 0.29) is 6.61 Å². The lowest BCUT2D eigenvalue weighted by atomic mass is 10.2. The predicted octanol–water partition coefficient (Wildman–Crippen LogP) is 3.09. The van der Waals surface area contributed by atoms with Crippen LogP contribution in [0.1, 0.15) is 16.8 Å². The lowest BCUT2D eigenvalue weighted by molar-refractivity contribution is 0.276. The first-order chi connectivity index (χ1) is 10.6. The second kappa shape index (κ2) is 5.77. The van der Waals surface area contributed by atoms with Gasteiger partial charge in [0.2, 0.25) is 0 Å². The normalized spacial score (nSPS) is 11.1. The highest BCUT2D eigenvalue weighted by molar-refractivity contribution is 5.93. The first-order valence-electron chi connectivity index (χ1n) is 7.36. The number of aryl methyl sites for hydroxylation is 2. The van der Waals surface area contributed by atoms with Crippen LogP contribution in [0.4, 0.5) is 11.5 Å². The Morgan fingerprint density at radius 3 is 2.50 bits per heavy atom. The fourth-order valence-electron chi connectivity index (χ4n) is 2.71. The van der Waals surface area contributed by atoms with E-state index in [1.807, 2.05) is 23.6 Å². The zero-order chi connectivity index (χ0) is 15.7. The number of hydrogen-bond acceptors (Lipinski definition) is 4. The molecule has 1 aromatic carbocycles. The molecule has 0 fully saturated rings. The van der Waals surface area contributed by atoms with Crippen LogP contribution >= 0.6 is 0 Å². The van der Waals surface area contributed by atoms with Gasteiger partial charge in [0.25, 0.3) is 0 Å². The van der Waals surface area contributed by atoms with Crippen LogP contribution in [0.5, 0.6) is 0 Å². The molecule has 0 spiro atoms. The van der Waals surface area contributed by atoms with Gasteiger partial charge in [-0.15, -0.1) is 0 Å². The zero-order valence-electron chi connectivity index (χ0n) is 13.1. The highest BCUT2D eigenvalue weighted by Gasteiger charge is 2.16. The van der Waals surface area contributed by atoms with Crippen LogP contribution in [0.15, 0.2) is 30.6 Å². The van der Waals surface area contributed by atoms with Crippen LogP contribution in [0.3, 0.4) is 0 Å². The second-order valence-electron chi connectivity index (χ2n) is 5.50. The molecule has 22 heavy (non-hydrogen) atoms. The number of benzene rings is 1. The predicted molar refractivity (Wildman–Crippen MR) is 88.5 cm³/mol. The van der Waals surface area contributed by atoms with Gasteiger partial charge in [0.05, 0.1) is 12.0 Å². The second-order valence-corrected chi connectivity index (χ2v) is 5.50. The van der Waals surface area contributed by atoms with Gasteiger partial charge in [-0.1, -0.05) is 17.7 Å². The number of hydrogen-bond donors (Lipinski definition) is 2. The minimum atomic E-state index is 0.0921. The van der Waals surface area contributed by atoms with E-state index in [0.29, 0.717) is 6.54 Å². The fourth-order valence-corrected chi connectivity index (χ4v) is 2.71. The SMILES string of the molecule is Cc1ccc(Nc2ncnc3c2c(C)c(C)n3CCO)cc1. The first kappa shape index (κ1) is 14.5. The molecule has 0 aliphatic rings. The maximum absolute atomic E-state index is 9.26. The smallest absolute Gasteiger partial charge is 0.146 e. The Hall–Kier alpha value is -2.40. The number of aliphatic hydroxyl groups is 1. The summed E-state index contributed by atoms with van der Waals surface area (Å²) in [7, 11) is 0. The summed E-state index contributed by atoms with van der Waals surface area (Å²) in [5.74, 6) is 0.797. The number of aliphatic hydroxyl groups excluding tert-OH is 1. The maximum Gasteiger partial charge on any atom is 0.146 e. The van der Waals surface area contributed by atoms with E-state index in [0.717, 1.165) is 33.8 Å². The molecule has 0 bridgehead atoms. The Balaban J connectivity index is 2.10. The third kappa shape index (κ3) is 2.44. The first-order valence-corrected chi connectivity index (χ1v) is 7.36. The minimum Gasteiger partial charge on any atom is -0.395 e. The molecule has 0 amide bonds. The van der Waals surface area contributed by atoms with Gasteiger partial charge in [0.15, 0.2) is 0 Å². The van der Waals surface area contributed by atoms with Gasteiger partial charge in [-0.2, -0.15) is 0 Å². The fraction of sp³-hybridized carbons (Fsp3) is 0.294. The third-order valence-electron chi connectivity index (χ3n) is 4.04. The number of anilines is 2. The van der Waals surface area contributed by atoms with E-state index in [1.54, 1.807) is 6.33 Å². The maximum atomic E-state index is 9.26. The Labute approximate surface area is 129 Å². The van der Waals surface area contributed by atoms with Gasteiger partial charge in [-0.25, -0.2) is 9.97 Å². The molecule has 0 atom stereocenters. The van der Waals surface area contributed by atoms with Crippen molar-refractivity contribution < 1.29 is 5.11 Å². The van der Waals surface area contributed by atoms with Crippen LogP contribution in [0.2, 0.25) is 0 Å². The minimum absolute atomic E-state index is 0.0921. The molecule has 0 radical (unpaired) electrons. The lowest BCUT2D eigenvalue weighted by Crippen LogP contribution is -2.05. The summed E-state index contributed by atoms with van der Waals surface area (Å²) in [5, 5.41) is 13.6. The standard InChI is InChI=1S/C17H20N4O/c1-11-4-6-14(7-5-11)20-16-15-12(2)13(3)21(8-9-22)17(15)19-10-18-16/h4-7,10,22H,8-9H2,1-3H3,(H,18,19,20). The van der Waals surface area contributed by atoms with Crippen molar-refractivity contribution >= 4 is 22.5 Å². The highest BCUT2D eigenvalue weighted by Crippen LogP contribution is 2.30. The number of rotatable bonds is 4. The average molecular weight is 296 g/mol. The van der Waals surface area contributed by atoms with Gasteiger partial charge in [-0.3, -0.25) is 0 Å². The monoisotopic (exact) mass is 296 g/mol. The van der Waals surface area contributed by atoms with E-state index >= 15 is 0 Å². The Bertz CT molecular complexity index is 806. The summed E-state index contributed by atoms with van der Waals surface area (Å²) in [6.45, 7) is 6.80. The van der Waals surface area contributed by atoms with E-state index in [4.69, 9.17) is 0 Å². The molecule has 3 aromatic rings. The number of nitrogens with zero attached hydrogens (tertiary/aromatic N) is 3. The van der Waals surface area contributed by atoms with Crippen molar-refractivity contribution in [1.29, 1.82) is 0 Å². The summed E-state index contributed by atoms with van der Waals surface area (Å²) in [5.41, 5.74) is 5.32. The molecular weight excluding hydrogens is 276 g/mol. The largest absolute Gasteiger partial charge is 0.395 e. The molecule has 0 unspecified atom stereocenters. The Morgan fingerprint density at radius 2 is 1.82 bits per heavy atom. The summed E-state index contributed by atoms with van der Waals surface area (Å²) < 4.78 is 2.03. The molecule has 2 heterocycles. The topological polar surface area (TPSA) is 63.0 Å². The molecule has 0 aliphatic carbocycles. The van der Waals surface area contributed by atoms with Gasteiger partial charge < -0.3 is 15.0 Å². The number of aromatic nitrogens is 3. The van der Waals surface area contributed by atoms with Crippen LogP contribution in [0, 0.1) is 20.8 Å². The average Bonchev–Trinajstić information content (AvgIpc) is 2.76. The van der Waals surface area contributed by atoms with E-state index in [2.05, 4.69) is 41.3 Å². The molecule has 5 heteroatoms. The molecule has 0 aliphatic heterocycles. The summed E-state index contributed by atoms with van der Waals surface area (Å²) in [6.07, 6.45) is 1.56. The molecule has 3 rings (SSSR count). The molecule has 0 saturated heterocycles. The zero-order valence-corrected chi connectivity index (χ0v) is 13.1. The summed E-state index contributed by atoms with van der Waals surface area (Å²) >= 11 is 0. The van der Waals surface area contributed by atoms with E-state index in [9.17, 15) is 5.11 Å². The van der Waals surface area contributed by atoms with Crippen LogP contribution < -0.4 is 5.32 Å². The van der Waals surface area contributed by atoms with Crippen LogP contribution in [-0.2, 0) is 6.54 Å². The van der Waals surface area contributed by atoms with Gasteiger partial charge in [-0.05, 0) is 38.5 Å². The van der Waals surface area contributed by atoms with Crippen molar-refractivity contribution in [3.63, 3.8) is 0 Å². The molecule has 2 aromatic heterocycles. The third-order valence-corrected chi connectivity index (χ3v) is 4.04. The lowest BCUT2D eigenvalue weighted by Gasteiger charge is -2.08. The van der Waals surface area contributed by atoms with Crippen molar-refractivity contribution in [1.82, 2.24) is 14.5 Å². The van der Waals surface area contributed by atoms with Crippen molar-refractivity contribution in [2.45, 2.75) is 27.3 Å². The van der Waals surface area contributed by atoms with Crippen LogP contribution in [-0.4, -0.2) is 26.2 Å². The van der Waals surface area contributed by atoms with Gasteiger partial charge in [0.1, 0.15) is 17.8 Å². The van der Waals surface area contributed by atoms with Gasteiger partial charge in [0, 0.05) is 17.9 Å². The molecule has 5 nitrogen and oxygen atoms in total. The van der Waals surface area contributed by atoms with Crippen molar-refractivity contribution in [2.75, 3.05) is 11.9 Å². The van der Waals surface area contributed by atoms with E-state index in [1.165, 1.54) is 5.56 Å². The molecular formula is C17H20N4O. The Morgan fingerprint density at radius 1 is 1.09 bits per heavy atom. The molecule has 2 N–H and O–H groups in total. The summed E-state index contributed by atoms with van der Waals surface area (Å²) in [6, 6.07) is 8.21. The van der Waals surface area contributed by atoms with Gasteiger partial charge >= 0.3 is 0 Å². The molecule has 0 saturated carbocycles. The van der Waals surface area contributed by atoms with E-state index < -0.39 is 0 Å². The van der Waals surface area contributed by atoms with Crippen LogP contribution in [0.25, 0.3) is 11.0 Å². The van der Waals surface area contributed by atoms with Crippen molar-refractivity contribution in [2.24, 2.45) is 0 Å². The summed E-state index contributed by atoms with van der Waals surface area (Å²) in [4.78, 5) is 8.80. The van der Waals surface area contributed by atoms with Crippen molar-refractivity contribution in [3.8, 4) is 0 Å². The molecule has 114 valence electrons.